The van der Waals surface area contributed by atoms with Crippen molar-refractivity contribution >= 4 is 15.7 Å². The summed E-state index contributed by atoms with van der Waals surface area (Å²) in [5.41, 5.74) is 5.45. The quantitative estimate of drug-likeness (QED) is 0.529. The van der Waals surface area contributed by atoms with Crippen LogP contribution in [0.4, 0.5) is 0 Å². The number of nitrogens with zero attached hydrogens (tertiary/aromatic N) is 4. The Morgan fingerprint density at radius 3 is 2.69 bits per heavy atom. The van der Waals surface area contributed by atoms with Crippen LogP contribution in [0.3, 0.4) is 0 Å². The molecule has 1 fully saturated rings. The molecule has 0 aliphatic carbocycles. The second-order valence-electron chi connectivity index (χ2n) is 9.27. The average molecular weight is 497 g/mol. The minimum absolute atomic E-state index is 0.0481. The van der Waals surface area contributed by atoms with Gasteiger partial charge in [0.15, 0.2) is 0 Å². The number of hydrogen-bond acceptors (Lipinski definition) is 8. The number of hydrogen-bond donors (Lipinski definition) is 0. The van der Waals surface area contributed by atoms with Gasteiger partial charge in [0, 0.05) is 48.7 Å². The highest BCUT2D eigenvalue weighted by molar-refractivity contribution is 7.91. The van der Waals surface area contributed by atoms with Gasteiger partial charge in [-0.05, 0) is 56.4 Å². The highest BCUT2D eigenvalue weighted by Gasteiger charge is 2.32. The lowest BCUT2D eigenvalue weighted by Crippen LogP contribution is -2.42. The molecule has 9 nitrogen and oxygen atoms in total. The molecule has 1 saturated heterocycles. The Kier molecular flexibility index (Phi) is 6.31. The Morgan fingerprint density at radius 1 is 1.14 bits per heavy atom. The molecule has 184 valence electrons. The molecule has 10 heteroatoms. The third-order valence-corrected chi connectivity index (χ3v) is 8.53. The van der Waals surface area contributed by atoms with Crippen molar-refractivity contribution in [1.29, 1.82) is 0 Å². The van der Waals surface area contributed by atoms with Gasteiger partial charge in [-0.3, -0.25) is 9.78 Å². The van der Waals surface area contributed by atoms with Crippen molar-refractivity contribution in [2.75, 3.05) is 18.1 Å². The van der Waals surface area contributed by atoms with E-state index in [2.05, 4.69) is 15.1 Å². The van der Waals surface area contributed by atoms with Gasteiger partial charge >= 0.3 is 0 Å². The summed E-state index contributed by atoms with van der Waals surface area (Å²) in [6, 6.07) is 5.82. The maximum atomic E-state index is 12.9. The van der Waals surface area contributed by atoms with Crippen LogP contribution in [-0.4, -0.2) is 52.4 Å². The number of amides is 1. The summed E-state index contributed by atoms with van der Waals surface area (Å²) in [6.45, 7) is 5.14. The fourth-order valence-electron chi connectivity index (χ4n) is 4.62. The topological polar surface area (TPSA) is 115 Å². The summed E-state index contributed by atoms with van der Waals surface area (Å²) >= 11 is 0. The van der Waals surface area contributed by atoms with Gasteiger partial charge in [-0.15, -0.1) is 0 Å². The van der Waals surface area contributed by atoms with E-state index in [0.29, 0.717) is 49.7 Å². The smallest absolute Gasteiger partial charge is 0.226 e. The van der Waals surface area contributed by atoms with Gasteiger partial charge in [0.05, 0.1) is 17.1 Å². The van der Waals surface area contributed by atoms with Gasteiger partial charge in [0.25, 0.3) is 0 Å². The van der Waals surface area contributed by atoms with Crippen molar-refractivity contribution in [3.05, 3.63) is 58.7 Å². The van der Waals surface area contributed by atoms with Crippen LogP contribution in [0.2, 0.25) is 0 Å². The monoisotopic (exact) mass is 496 g/mol. The van der Waals surface area contributed by atoms with Gasteiger partial charge in [0.1, 0.15) is 27.9 Å². The molecular weight excluding hydrogens is 468 g/mol. The number of fused-ring (bicyclic) bond motifs is 1. The van der Waals surface area contributed by atoms with E-state index in [4.69, 9.17) is 9.26 Å². The molecule has 5 rings (SSSR count). The standard InChI is InChI=1S/C25H28N4O5S/c1-16-3-4-20(12-26-16)24-22(17(2)34-28-24)15-33-23-11-19-5-8-29(14-21(19)13-27-23)25(30)18-6-9-35(31,32)10-7-18/h3-4,11-13,18H,5-10,14-15H2,1-2H3. The van der Waals surface area contributed by atoms with Crippen LogP contribution in [0.25, 0.3) is 11.3 Å². The first kappa shape index (κ1) is 23.5. The van der Waals surface area contributed by atoms with Crippen molar-refractivity contribution in [1.82, 2.24) is 20.0 Å². The minimum atomic E-state index is -2.99. The third-order valence-electron chi connectivity index (χ3n) is 6.82. The maximum Gasteiger partial charge on any atom is 0.226 e. The van der Waals surface area contributed by atoms with E-state index < -0.39 is 9.84 Å². The number of carbonyl (C=O) groups excluding carboxylic acids is 1. The highest BCUT2D eigenvalue weighted by Crippen LogP contribution is 2.29. The van der Waals surface area contributed by atoms with Crippen LogP contribution < -0.4 is 4.74 Å². The largest absolute Gasteiger partial charge is 0.473 e. The molecular formula is C25H28N4O5S. The van der Waals surface area contributed by atoms with E-state index in [1.54, 1.807) is 12.4 Å². The SMILES string of the molecule is Cc1ccc(-c2noc(C)c2COc2cc3c(cn2)CN(C(=O)C2CCS(=O)(=O)CC2)CC3)cn1. The fraction of sp³-hybridized carbons (Fsp3) is 0.440. The number of aryl methyl sites for hydroxylation is 2. The number of pyridine rings is 2. The van der Waals surface area contributed by atoms with Crippen LogP contribution in [-0.2, 0) is 34.2 Å². The average Bonchev–Trinajstić information content (AvgIpc) is 3.22. The molecule has 0 bridgehead atoms. The molecule has 5 heterocycles. The fourth-order valence-corrected chi connectivity index (χ4v) is 6.11. The molecule has 0 atom stereocenters. The number of rotatable bonds is 5. The Hall–Kier alpha value is -3.27. The molecule has 35 heavy (non-hydrogen) atoms. The lowest BCUT2D eigenvalue weighted by atomic mass is 9.97. The molecule has 3 aromatic rings. The summed E-state index contributed by atoms with van der Waals surface area (Å²) < 4.78 is 34.8. The Bertz CT molecular complexity index is 1340. The van der Waals surface area contributed by atoms with Crippen molar-refractivity contribution in [2.45, 2.75) is 46.3 Å². The molecule has 1 amide bonds. The van der Waals surface area contributed by atoms with Crippen LogP contribution >= 0.6 is 0 Å². The Labute approximate surface area is 204 Å². The van der Waals surface area contributed by atoms with Crippen molar-refractivity contribution in [3.63, 3.8) is 0 Å². The van der Waals surface area contributed by atoms with E-state index >= 15 is 0 Å². The predicted molar refractivity (Wildman–Crippen MR) is 128 cm³/mol. The van der Waals surface area contributed by atoms with Crippen LogP contribution in [0, 0.1) is 19.8 Å². The second-order valence-corrected chi connectivity index (χ2v) is 11.6. The van der Waals surface area contributed by atoms with E-state index in [9.17, 15) is 13.2 Å². The van der Waals surface area contributed by atoms with Gasteiger partial charge < -0.3 is 14.2 Å². The first-order chi connectivity index (χ1) is 16.8. The van der Waals surface area contributed by atoms with E-state index in [1.807, 2.05) is 36.9 Å². The van der Waals surface area contributed by atoms with Crippen molar-refractivity contribution in [3.8, 4) is 17.1 Å². The minimum Gasteiger partial charge on any atom is -0.473 e. The third kappa shape index (κ3) is 5.07. The summed E-state index contributed by atoms with van der Waals surface area (Å²) in [6.07, 6.45) is 5.07. The molecule has 2 aliphatic rings. The predicted octanol–water partition coefficient (Wildman–Crippen LogP) is 3.04. The first-order valence-corrected chi connectivity index (χ1v) is 13.6. The molecule has 0 spiro atoms. The van der Waals surface area contributed by atoms with E-state index in [-0.39, 0.29) is 29.9 Å². The lowest BCUT2D eigenvalue weighted by molar-refractivity contribution is -0.136. The zero-order valence-electron chi connectivity index (χ0n) is 19.9. The summed E-state index contributed by atoms with van der Waals surface area (Å²) in [4.78, 5) is 23.6. The molecule has 0 unspecified atom stereocenters. The summed E-state index contributed by atoms with van der Waals surface area (Å²) in [5.74, 6) is 1.23. The summed E-state index contributed by atoms with van der Waals surface area (Å²) in [7, 11) is -2.99. The zero-order valence-corrected chi connectivity index (χ0v) is 20.7. The molecule has 0 saturated carbocycles. The van der Waals surface area contributed by atoms with E-state index in [0.717, 1.165) is 27.9 Å². The molecule has 2 aliphatic heterocycles. The molecule has 0 radical (unpaired) electrons. The molecule has 0 N–H and O–H groups in total. The number of aromatic nitrogens is 3. The van der Waals surface area contributed by atoms with Crippen LogP contribution in [0.1, 0.15) is 41.0 Å². The number of ether oxygens (including phenoxy) is 1. The van der Waals surface area contributed by atoms with Crippen LogP contribution in [0.5, 0.6) is 5.88 Å². The van der Waals surface area contributed by atoms with Crippen molar-refractivity contribution < 1.29 is 22.5 Å². The molecule has 0 aromatic carbocycles. The normalized spacial score (nSPS) is 17.7. The van der Waals surface area contributed by atoms with Gasteiger partial charge in [-0.25, -0.2) is 13.4 Å². The van der Waals surface area contributed by atoms with Gasteiger partial charge in [-0.1, -0.05) is 5.16 Å². The lowest BCUT2D eigenvalue weighted by Gasteiger charge is -2.33. The Balaban J connectivity index is 1.24. The Morgan fingerprint density at radius 2 is 1.94 bits per heavy atom. The number of carbonyl (C=O) groups is 1. The zero-order chi connectivity index (χ0) is 24.6. The van der Waals surface area contributed by atoms with Gasteiger partial charge in [-0.2, -0.15) is 0 Å². The first-order valence-electron chi connectivity index (χ1n) is 11.8. The van der Waals surface area contributed by atoms with Crippen molar-refractivity contribution in [2.24, 2.45) is 5.92 Å². The maximum absolute atomic E-state index is 12.9. The van der Waals surface area contributed by atoms with Gasteiger partial charge in [0.2, 0.25) is 11.8 Å². The second kappa shape index (κ2) is 9.41. The van der Waals surface area contributed by atoms with Crippen LogP contribution in [0.15, 0.2) is 35.1 Å². The highest BCUT2D eigenvalue weighted by atomic mass is 32.2. The van der Waals surface area contributed by atoms with E-state index in [1.165, 1.54) is 0 Å². The molecule has 3 aromatic heterocycles. The summed E-state index contributed by atoms with van der Waals surface area (Å²) in [5, 5.41) is 4.18. The number of sulfone groups is 1.